The average Bonchev–Trinajstić information content (AvgIpc) is 3.61. The van der Waals surface area contributed by atoms with E-state index in [0.29, 0.717) is 44.6 Å². The smallest absolute Gasteiger partial charge is 0.230 e. The Hall–Kier alpha value is -6.44. The van der Waals surface area contributed by atoms with E-state index in [4.69, 9.17) is 14.6 Å². The maximum atomic E-state index is 14.8. The maximum Gasteiger partial charge on any atom is 0.230 e. The van der Waals surface area contributed by atoms with E-state index in [2.05, 4.69) is 38.6 Å². The number of nitrogens with zero attached hydrogens (tertiary/aromatic N) is 8. The second-order valence-electron chi connectivity index (χ2n) is 16.6. The Morgan fingerprint density at radius 2 is 1.31 bits per heavy atom. The summed E-state index contributed by atoms with van der Waals surface area (Å²) in [6.07, 6.45) is 15.0. The molecule has 310 valence electrons. The van der Waals surface area contributed by atoms with Gasteiger partial charge >= 0.3 is 0 Å². The number of carbonyl (C=O) groups is 2. The Kier molecular flexibility index (Phi) is 10.5. The highest BCUT2D eigenvalue weighted by Crippen LogP contribution is 2.45. The summed E-state index contributed by atoms with van der Waals surface area (Å²) in [6, 6.07) is 26.2. The van der Waals surface area contributed by atoms with Gasteiger partial charge in [0.25, 0.3) is 0 Å². The second kappa shape index (κ2) is 16.5. The van der Waals surface area contributed by atoms with Crippen molar-refractivity contribution in [3.05, 3.63) is 121 Å². The van der Waals surface area contributed by atoms with E-state index < -0.39 is 0 Å². The van der Waals surface area contributed by atoms with Crippen molar-refractivity contribution in [2.24, 2.45) is 18.9 Å². The minimum absolute atomic E-state index is 0.0907. The number of fused-ring (bicyclic) bond motifs is 4. The molecule has 0 saturated heterocycles. The van der Waals surface area contributed by atoms with Gasteiger partial charge in [0.1, 0.15) is 5.82 Å². The maximum absolute atomic E-state index is 14.8. The van der Waals surface area contributed by atoms with Crippen molar-refractivity contribution in [1.82, 2.24) is 24.7 Å². The van der Waals surface area contributed by atoms with Crippen LogP contribution >= 0.6 is 0 Å². The van der Waals surface area contributed by atoms with Crippen LogP contribution in [0.25, 0.3) is 22.4 Å². The fourth-order valence-electron chi connectivity index (χ4n) is 9.44. The molecular formula is C48H49N9O4. The first-order valence-corrected chi connectivity index (χ1v) is 21.4. The van der Waals surface area contributed by atoms with Gasteiger partial charge in [-0.2, -0.15) is 5.10 Å². The number of rotatable bonds is 7. The molecule has 0 spiro atoms. The molecule has 0 unspecified atom stereocenters. The van der Waals surface area contributed by atoms with Crippen LogP contribution in [0.1, 0.15) is 62.5 Å². The van der Waals surface area contributed by atoms with Crippen molar-refractivity contribution in [3.8, 4) is 22.4 Å². The number of anilines is 6. The van der Waals surface area contributed by atoms with Crippen molar-refractivity contribution in [2.75, 3.05) is 27.3 Å². The van der Waals surface area contributed by atoms with Crippen molar-refractivity contribution < 1.29 is 19.2 Å². The van der Waals surface area contributed by atoms with E-state index >= 15 is 0 Å². The summed E-state index contributed by atoms with van der Waals surface area (Å²) in [7, 11) is 3.66. The van der Waals surface area contributed by atoms with Crippen LogP contribution in [0.4, 0.5) is 34.4 Å². The highest BCUT2D eigenvalue weighted by atomic mass is 16.7. The topological polar surface area (TPSA) is 131 Å². The van der Waals surface area contributed by atoms with Crippen LogP contribution in [0.15, 0.2) is 110 Å². The third-order valence-corrected chi connectivity index (χ3v) is 12.8. The van der Waals surface area contributed by atoms with Crippen LogP contribution in [-0.4, -0.2) is 55.9 Å². The lowest BCUT2D eigenvalue weighted by molar-refractivity contribution is -0.125. The monoisotopic (exact) mass is 815 g/mol. The molecule has 2 aliphatic heterocycles. The van der Waals surface area contributed by atoms with Crippen molar-refractivity contribution in [3.63, 3.8) is 0 Å². The van der Waals surface area contributed by atoms with Gasteiger partial charge < -0.3 is 19.9 Å². The van der Waals surface area contributed by atoms with Gasteiger partial charge in [-0.15, -0.1) is 0 Å². The normalized spacial score (nSPS) is 20.9. The van der Waals surface area contributed by atoms with Gasteiger partial charge in [0.15, 0.2) is 5.82 Å². The Bertz CT molecular complexity index is 2560. The Labute approximate surface area is 355 Å². The average molecular weight is 816 g/mol. The molecule has 0 atom stereocenters. The highest BCUT2D eigenvalue weighted by molar-refractivity contribution is 6.02. The van der Waals surface area contributed by atoms with Crippen LogP contribution in [-0.2, 0) is 39.3 Å². The van der Waals surface area contributed by atoms with Crippen molar-refractivity contribution >= 4 is 46.2 Å². The van der Waals surface area contributed by atoms with E-state index in [1.165, 1.54) is 0 Å². The third-order valence-electron chi connectivity index (χ3n) is 12.8. The first-order chi connectivity index (χ1) is 29.9. The van der Waals surface area contributed by atoms with E-state index in [9.17, 15) is 9.59 Å². The predicted molar refractivity (Wildman–Crippen MR) is 234 cm³/mol. The van der Waals surface area contributed by atoms with E-state index in [1.807, 2.05) is 88.8 Å². The van der Waals surface area contributed by atoms with Gasteiger partial charge in [-0.3, -0.25) is 24.1 Å². The molecule has 61 heavy (non-hydrogen) atoms. The third kappa shape index (κ3) is 7.64. The zero-order valence-electron chi connectivity index (χ0n) is 34.5. The first-order valence-electron chi connectivity index (χ1n) is 21.4. The van der Waals surface area contributed by atoms with Crippen LogP contribution in [0.5, 0.6) is 0 Å². The van der Waals surface area contributed by atoms with E-state index in [0.717, 1.165) is 87.8 Å². The van der Waals surface area contributed by atoms with Gasteiger partial charge in [-0.1, -0.05) is 24.3 Å². The van der Waals surface area contributed by atoms with Gasteiger partial charge in [-0.25, -0.2) is 15.0 Å². The Balaban J connectivity index is 0.930. The summed E-state index contributed by atoms with van der Waals surface area (Å²) in [6.45, 7) is 0.772. The van der Waals surface area contributed by atoms with Gasteiger partial charge in [0.05, 0.1) is 53.7 Å². The van der Waals surface area contributed by atoms with Crippen LogP contribution in [0, 0.1) is 11.8 Å². The molecular weight excluding hydrogens is 767 g/mol. The molecule has 1 N–H and O–H groups in total. The first kappa shape index (κ1) is 38.7. The van der Waals surface area contributed by atoms with Gasteiger partial charge in [0.2, 0.25) is 11.8 Å². The number of pyridine rings is 3. The molecule has 2 saturated carbocycles. The molecule has 2 amide bonds. The van der Waals surface area contributed by atoms with Crippen LogP contribution < -0.4 is 20.2 Å². The molecule has 2 aromatic carbocycles. The number of amides is 2. The summed E-state index contributed by atoms with van der Waals surface area (Å²) in [5.74, 6) is 1.30. The summed E-state index contributed by atoms with van der Waals surface area (Å²) < 4.78 is 7.43. The lowest BCUT2D eigenvalue weighted by atomic mass is 9.86. The number of hydrogen-bond donors (Lipinski definition) is 1. The Morgan fingerprint density at radius 1 is 0.656 bits per heavy atom. The molecule has 0 radical (unpaired) electrons. The summed E-state index contributed by atoms with van der Waals surface area (Å²) in [5.41, 5.74) is 8.82. The van der Waals surface area contributed by atoms with Gasteiger partial charge in [-0.05, 0) is 117 Å². The number of aryl methyl sites for hydroxylation is 1. The zero-order chi connectivity index (χ0) is 41.5. The summed E-state index contributed by atoms with van der Waals surface area (Å²) >= 11 is 0. The molecule has 13 heteroatoms. The molecule has 2 fully saturated rings. The number of methoxy groups -OCH3 is 1. The highest BCUT2D eigenvalue weighted by Gasteiger charge is 2.38. The molecule has 10 rings (SSSR count). The fourth-order valence-corrected chi connectivity index (χ4v) is 9.44. The number of carbonyl (C=O) groups excluding carboxylic acids is 2. The molecule has 6 aromatic rings. The number of ether oxygens (including phenoxy) is 1. The fraction of sp³-hybridized carbons (Fsp3) is 0.333. The lowest BCUT2D eigenvalue weighted by Gasteiger charge is -2.35. The summed E-state index contributed by atoms with van der Waals surface area (Å²) in [5, 5.41) is 10.0. The van der Waals surface area contributed by atoms with E-state index in [1.54, 1.807) is 36.6 Å². The molecule has 13 nitrogen and oxygen atoms in total. The molecule has 4 aliphatic rings. The van der Waals surface area contributed by atoms with Crippen LogP contribution in [0.3, 0.4) is 0 Å². The zero-order valence-corrected chi connectivity index (χ0v) is 34.5. The van der Waals surface area contributed by atoms with Crippen molar-refractivity contribution in [2.45, 2.75) is 76.7 Å². The molecule has 2 aliphatic carbocycles. The van der Waals surface area contributed by atoms with Crippen molar-refractivity contribution in [1.29, 1.82) is 0 Å². The minimum atomic E-state index is -0.195. The molecule has 4 aromatic heterocycles. The number of hydrogen-bond acceptors (Lipinski definition) is 10. The molecule has 0 bridgehead atoms. The largest absolute Gasteiger partial charge is 0.381 e. The lowest BCUT2D eigenvalue weighted by Crippen LogP contribution is -2.39. The Morgan fingerprint density at radius 3 is 2.03 bits per heavy atom. The van der Waals surface area contributed by atoms with E-state index in [-0.39, 0.29) is 35.9 Å². The minimum Gasteiger partial charge on any atom is -0.381 e. The SMILES string of the molecule is COC1CCC(C(=O)N2Cc3cccnc3N(OC3CCC(C(=O)N4Cc5cccnc5Nc5ccc(-c6ccncc6)cc54)CC3)c3ccc(-c4ccn(C)n4)cc32)CC1. The number of nitrogens with one attached hydrogen (secondary N) is 1. The number of benzene rings is 2. The second-order valence-corrected chi connectivity index (χ2v) is 16.6. The number of aromatic nitrogens is 5. The van der Waals surface area contributed by atoms with Gasteiger partial charge in [0, 0.05) is 73.7 Å². The van der Waals surface area contributed by atoms with Crippen LogP contribution in [0.2, 0.25) is 0 Å². The molecule has 6 heterocycles. The standard InChI is InChI=1S/C48H49N9O4/c1-54-26-21-40(53-54)35-12-18-42-44(28-35)56(48(59)32-7-13-38(60-2)14-8-32)30-37-6-4-23-51-46(37)57(42)61-39-15-9-33(10-16-39)47(58)55-29-36-5-3-22-50-45(36)52-41-17-11-34(27-43(41)55)31-19-24-49-25-20-31/h3-6,11-12,17-28,32-33,38-39H,7-10,13-16,29-30H2,1-2H3,(H,50,52). The predicted octanol–water partition coefficient (Wildman–Crippen LogP) is 8.91. The summed E-state index contributed by atoms with van der Waals surface area (Å²) in [4.78, 5) is 54.0. The quantitative estimate of drug-likeness (QED) is 0.167.